The molecule has 0 fully saturated rings. The normalized spacial score (nSPS) is 16.5. The molecule has 6 heteroatoms. The third-order valence-electron chi connectivity index (χ3n) is 5.83. The third kappa shape index (κ3) is 4.97. The summed E-state index contributed by atoms with van der Waals surface area (Å²) in [6.45, 7) is 0.185. The van der Waals surface area contributed by atoms with Gasteiger partial charge in [-0.25, -0.2) is 5.01 Å². The van der Waals surface area contributed by atoms with Gasteiger partial charge in [-0.15, -0.1) is 11.3 Å². The molecule has 2 aromatic heterocycles. The molecule has 0 bridgehead atoms. The maximum Gasteiger partial charge on any atom is 0.257 e. The van der Waals surface area contributed by atoms with Crippen LogP contribution < -0.4 is 5.32 Å². The van der Waals surface area contributed by atoms with Gasteiger partial charge in [0.2, 0.25) is 0 Å². The highest BCUT2D eigenvalue weighted by atomic mass is 32.1. The monoisotopic (exact) mass is 455 g/mol. The van der Waals surface area contributed by atoms with Gasteiger partial charge in [-0.2, -0.15) is 5.10 Å². The summed E-state index contributed by atoms with van der Waals surface area (Å²) in [6, 6.07) is 28.2. The molecule has 3 heterocycles. The van der Waals surface area contributed by atoms with Crippen LogP contribution in [0.25, 0.3) is 0 Å². The Bertz CT molecular complexity index is 1190. The minimum Gasteiger partial charge on any atom is -0.467 e. The van der Waals surface area contributed by atoms with Gasteiger partial charge in [0.25, 0.3) is 5.91 Å². The van der Waals surface area contributed by atoms with Crippen LogP contribution in [0.3, 0.4) is 0 Å². The highest BCUT2D eigenvalue weighted by molar-refractivity contribution is 7.12. The van der Waals surface area contributed by atoms with Gasteiger partial charge in [-0.3, -0.25) is 4.79 Å². The minimum atomic E-state index is -0.226. The van der Waals surface area contributed by atoms with Crippen LogP contribution in [-0.4, -0.2) is 23.2 Å². The summed E-state index contributed by atoms with van der Waals surface area (Å²) in [7, 11) is 0. The van der Waals surface area contributed by atoms with Crippen molar-refractivity contribution in [1.29, 1.82) is 0 Å². The quantitative estimate of drug-likeness (QED) is 0.377. The number of nitrogens with one attached hydrogen (secondary N) is 1. The Morgan fingerprint density at radius 2 is 1.82 bits per heavy atom. The predicted molar refractivity (Wildman–Crippen MR) is 131 cm³/mol. The molecule has 33 heavy (non-hydrogen) atoms. The first-order chi connectivity index (χ1) is 16.3. The smallest absolute Gasteiger partial charge is 0.257 e. The Kier molecular flexibility index (Phi) is 6.46. The van der Waals surface area contributed by atoms with Crippen molar-refractivity contribution in [1.82, 2.24) is 10.3 Å². The molecule has 0 aliphatic carbocycles. The molecule has 0 saturated heterocycles. The first kappa shape index (κ1) is 21.4. The minimum absolute atomic E-state index is 0.0166. The zero-order chi connectivity index (χ0) is 22.5. The van der Waals surface area contributed by atoms with Gasteiger partial charge in [0.05, 0.1) is 23.4 Å². The lowest BCUT2D eigenvalue weighted by Gasteiger charge is -2.23. The lowest BCUT2D eigenvalue weighted by Crippen LogP contribution is -2.37. The molecule has 1 aliphatic rings. The topological polar surface area (TPSA) is 57.8 Å². The lowest BCUT2D eigenvalue weighted by molar-refractivity contribution is -0.132. The highest BCUT2D eigenvalue weighted by Gasteiger charge is 2.35. The second-order valence-corrected chi connectivity index (χ2v) is 8.98. The number of hydrogen-bond donors (Lipinski definition) is 1. The second-order valence-electron chi connectivity index (χ2n) is 8.03. The SMILES string of the molecule is O=C(CNC(Cc1ccccc1)c1ccccc1)N1N=C(c2cccs2)CC1c1ccco1. The third-order valence-corrected chi connectivity index (χ3v) is 6.75. The summed E-state index contributed by atoms with van der Waals surface area (Å²) in [5.74, 6) is 0.680. The van der Waals surface area contributed by atoms with Crippen LogP contribution in [0.4, 0.5) is 0 Å². The molecule has 2 atom stereocenters. The first-order valence-electron chi connectivity index (χ1n) is 11.1. The van der Waals surface area contributed by atoms with E-state index in [0.717, 1.165) is 28.3 Å². The average Bonchev–Trinajstić information content (AvgIpc) is 3.63. The number of hydrazone groups is 1. The number of amides is 1. The molecule has 0 radical (unpaired) electrons. The standard InChI is InChI=1S/C27H25N3O2S/c31-27(19-28-22(21-11-5-2-6-12-21)17-20-9-3-1-4-10-20)30-24(25-13-7-15-32-25)18-23(29-30)26-14-8-16-33-26/h1-16,22,24,28H,17-19H2. The van der Waals surface area contributed by atoms with Gasteiger partial charge in [0.15, 0.2) is 0 Å². The summed E-state index contributed by atoms with van der Waals surface area (Å²) in [6.07, 6.45) is 3.08. The summed E-state index contributed by atoms with van der Waals surface area (Å²) in [5.41, 5.74) is 3.29. The molecule has 5 nitrogen and oxygen atoms in total. The van der Waals surface area contributed by atoms with E-state index in [1.54, 1.807) is 22.6 Å². The van der Waals surface area contributed by atoms with Crippen molar-refractivity contribution in [2.75, 3.05) is 6.54 Å². The molecular weight excluding hydrogens is 430 g/mol. The van der Waals surface area contributed by atoms with E-state index >= 15 is 0 Å². The molecule has 2 aromatic carbocycles. The Hall–Kier alpha value is -3.48. The fourth-order valence-corrected chi connectivity index (χ4v) is 4.89. The van der Waals surface area contributed by atoms with Gasteiger partial charge < -0.3 is 9.73 Å². The zero-order valence-corrected chi connectivity index (χ0v) is 18.9. The number of nitrogens with zero attached hydrogens (tertiary/aromatic N) is 2. The highest BCUT2D eigenvalue weighted by Crippen LogP contribution is 2.34. The molecule has 4 aromatic rings. The van der Waals surface area contributed by atoms with Crippen molar-refractivity contribution < 1.29 is 9.21 Å². The van der Waals surface area contributed by atoms with E-state index < -0.39 is 0 Å². The van der Waals surface area contributed by atoms with Crippen molar-refractivity contribution in [3.63, 3.8) is 0 Å². The molecule has 0 saturated carbocycles. The molecule has 2 unspecified atom stereocenters. The molecule has 1 amide bonds. The van der Waals surface area contributed by atoms with Gasteiger partial charge in [-0.1, -0.05) is 66.7 Å². The van der Waals surface area contributed by atoms with Crippen LogP contribution in [0.15, 0.2) is 106 Å². The number of benzene rings is 2. The van der Waals surface area contributed by atoms with Crippen molar-refractivity contribution in [3.8, 4) is 0 Å². The predicted octanol–water partition coefficient (Wildman–Crippen LogP) is 5.59. The second kappa shape index (κ2) is 9.98. The molecule has 5 rings (SSSR count). The Labute approximate surface area is 197 Å². The van der Waals surface area contributed by atoms with Crippen LogP contribution >= 0.6 is 11.3 Å². The Balaban J connectivity index is 1.34. The van der Waals surface area contributed by atoms with Gasteiger partial charge in [-0.05, 0) is 41.1 Å². The zero-order valence-electron chi connectivity index (χ0n) is 18.1. The Morgan fingerprint density at radius 3 is 2.52 bits per heavy atom. The molecule has 0 spiro atoms. The van der Waals surface area contributed by atoms with E-state index in [1.165, 1.54) is 5.56 Å². The Morgan fingerprint density at radius 1 is 1.03 bits per heavy atom. The summed E-state index contributed by atoms with van der Waals surface area (Å²) >= 11 is 1.64. The number of furan rings is 1. The first-order valence-corrected chi connectivity index (χ1v) is 11.9. The summed E-state index contributed by atoms with van der Waals surface area (Å²) in [5, 5.41) is 11.8. The number of carbonyl (C=O) groups excluding carboxylic acids is 1. The molecule has 166 valence electrons. The van der Waals surface area contributed by atoms with E-state index in [9.17, 15) is 4.79 Å². The van der Waals surface area contributed by atoms with Crippen molar-refractivity contribution in [2.45, 2.75) is 24.9 Å². The van der Waals surface area contributed by atoms with Crippen molar-refractivity contribution >= 4 is 23.0 Å². The molecule has 1 N–H and O–H groups in total. The van der Waals surface area contributed by atoms with Crippen LogP contribution in [-0.2, 0) is 11.2 Å². The van der Waals surface area contributed by atoms with E-state index in [1.807, 2.05) is 66.0 Å². The van der Waals surface area contributed by atoms with Crippen molar-refractivity contribution in [3.05, 3.63) is 118 Å². The van der Waals surface area contributed by atoms with E-state index in [4.69, 9.17) is 9.52 Å². The number of hydrogen-bond acceptors (Lipinski definition) is 5. The largest absolute Gasteiger partial charge is 0.467 e. The van der Waals surface area contributed by atoms with E-state index in [-0.39, 0.29) is 24.5 Å². The number of rotatable bonds is 8. The van der Waals surface area contributed by atoms with Crippen molar-refractivity contribution in [2.24, 2.45) is 5.10 Å². The maximum atomic E-state index is 13.4. The summed E-state index contributed by atoms with van der Waals surface area (Å²) in [4.78, 5) is 14.5. The number of carbonyl (C=O) groups is 1. The van der Waals surface area contributed by atoms with Crippen LogP contribution in [0.1, 0.15) is 40.3 Å². The van der Waals surface area contributed by atoms with Crippen LogP contribution in [0.5, 0.6) is 0 Å². The van der Waals surface area contributed by atoms with Crippen LogP contribution in [0, 0.1) is 0 Å². The van der Waals surface area contributed by atoms with Gasteiger partial charge in [0.1, 0.15) is 11.8 Å². The summed E-state index contributed by atoms with van der Waals surface area (Å²) < 4.78 is 5.65. The van der Waals surface area contributed by atoms with Crippen LogP contribution in [0.2, 0.25) is 0 Å². The van der Waals surface area contributed by atoms with E-state index in [0.29, 0.717) is 6.42 Å². The fourth-order valence-electron chi connectivity index (χ4n) is 4.17. The fraction of sp³-hybridized carbons (Fsp3) is 0.185. The molecule has 1 aliphatic heterocycles. The maximum absolute atomic E-state index is 13.4. The van der Waals surface area contributed by atoms with Gasteiger partial charge in [0, 0.05) is 12.5 Å². The van der Waals surface area contributed by atoms with Gasteiger partial charge >= 0.3 is 0 Å². The van der Waals surface area contributed by atoms with E-state index in [2.05, 4.69) is 29.6 Å². The molecular formula is C27H25N3O2S. The number of thiophene rings is 1. The lowest BCUT2D eigenvalue weighted by atomic mass is 9.99. The average molecular weight is 456 g/mol.